The minimum atomic E-state index is 0.694. The van der Waals surface area contributed by atoms with Crippen LogP contribution in [-0.4, -0.2) is 31.2 Å². The summed E-state index contributed by atoms with van der Waals surface area (Å²) in [4.78, 5) is 9.14. The first-order chi connectivity index (χ1) is 12.7. The summed E-state index contributed by atoms with van der Waals surface area (Å²) in [5, 5.41) is 8.18. The Balaban J connectivity index is 1.89. The Morgan fingerprint density at radius 1 is 1.19 bits per heavy atom. The largest absolute Gasteiger partial charge is 0.492 e. The standard InChI is InChI=1S/C19H18BrN5O/c1-3-4-5-26-15-6-13(9-21-10-15)16-7-14(20)8-17-18(16)23-12(2)19-24-22-11-25(17)19/h6-11H,3-5H2,1-2H3. The monoisotopic (exact) mass is 411 g/mol. The average molecular weight is 412 g/mol. The highest BCUT2D eigenvalue weighted by molar-refractivity contribution is 9.10. The molecule has 6 nitrogen and oxygen atoms in total. The molecule has 4 rings (SSSR count). The Morgan fingerprint density at radius 2 is 2.08 bits per heavy atom. The van der Waals surface area contributed by atoms with Crippen LogP contribution in [0.15, 0.2) is 41.4 Å². The van der Waals surface area contributed by atoms with Gasteiger partial charge in [-0.25, -0.2) is 4.98 Å². The Kier molecular flexibility index (Phi) is 4.55. The van der Waals surface area contributed by atoms with Crippen molar-refractivity contribution in [1.29, 1.82) is 0 Å². The summed E-state index contributed by atoms with van der Waals surface area (Å²) in [6.07, 6.45) is 7.42. The van der Waals surface area contributed by atoms with Gasteiger partial charge in [-0.15, -0.1) is 10.2 Å². The second-order valence-corrected chi connectivity index (χ2v) is 7.07. The molecule has 0 unspecified atom stereocenters. The van der Waals surface area contributed by atoms with Crippen molar-refractivity contribution in [2.75, 3.05) is 6.61 Å². The van der Waals surface area contributed by atoms with E-state index in [0.717, 1.165) is 56.6 Å². The molecule has 0 N–H and O–H groups in total. The fourth-order valence-corrected chi connectivity index (χ4v) is 3.41. The number of hydrogen-bond acceptors (Lipinski definition) is 5. The van der Waals surface area contributed by atoms with Crippen LogP contribution in [0.1, 0.15) is 25.5 Å². The molecular weight excluding hydrogens is 394 g/mol. The van der Waals surface area contributed by atoms with Gasteiger partial charge in [-0.1, -0.05) is 29.3 Å². The molecule has 0 amide bonds. The minimum Gasteiger partial charge on any atom is -0.492 e. The van der Waals surface area contributed by atoms with Gasteiger partial charge in [-0.2, -0.15) is 0 Å². The Morgan fingerprint density at radius 3 is 2.92 bits per heavy atom. The number of rotatable bonds is 5. The molecule has 132 valence electrons. The molecule has 0 spiro atoms. The number of fused-ring (bicyclic) bond motifs is 3. The van der Waals surface area contributed by atoms with Crippen molar-refractivity contribution in [2.24, 2.45) is 0 Å². The van der Waals surface area contributed by atoms with Crippen LogP contribution in [0.5, 0.6) is 5.75 Å². The third-order valence-corrected chi connectivity index (χ3v) is 4.71. The van der Waals surface area contributed by atoms with Crippen LogP contribution in [0.2, 0.25) is 0 Å². The zero-order chi connectivity index (χ0) is 18.1. The predicted octanol–water partition coefficient (Wildman–Crippen LogP) is 4.59. The third kappa shape index (κ3) is 3.03. The van der Waals surface area contributed by atoms with Gasteiger partial charge in [0.15, 0.2) is 5.65 Å². The smallest absolute Gasteiger partial charge is 0.182 e. The van der Waals surface area contributed by atoms with E-state index in [0.29, 0.717) is 6.61 Å². The number of pyridine rings is 1. The van der Waals surface area contributed by atoms with E-state index in [4.69, 9.17) is 9.72 Å². The molecule has 0 radical (unpaired) electrons. The molecule has 0 aliphatic carbocycles. The number of unbranched alkanes of at least 4 members (excludes halogenated alkanes) is 1. The van der Waals surface area contributed by atoms with Gasteiger partial charge in [0.1, 0.15) is 12.1 Å². The summed E-state index contributed by atoms with van der Waals surface area (Å²) in [5.41, 5.74) is 5.37. The molecule has 0 fully saturated rings. The van der Waals surface area contributed by atoms with Gasteiger partial charge in [-0.05, 0) is 31.5 Å². The van der Waals surface area contributed by atoms with E-state index in [1.165, 1.54) is 0 Å². The lowest BCUT2D eigenvalue weighted by molar-refractivity contribution is 0.308. The van der Waals surface area contributed by atoms with E-state index in [9.17, 15) is 0 Å². The molecule has 3 aromatic heterocycles. The molecule has 0 saturated carbocycles. The topological polar surface area (TPSA) is 65.2 Å². The van der Waals surface area contributed by atoms with Crippen LogP contribution in [0, 0.1) is 6.92 Å². The van der Waals surface area contributed by atoms with Gasteiger partial charge in [0.25, 0.3) is 0 Å². The van der Waals surface area contributed by atoms with Crippen molar-refractivity contribution in [2.45, 2.75) is 26.7 Å². The predicted molar refractivity (Wildman–Crippen MR) is 104 cm³/mol. The SMILES string of the molecule is CCCCOc1cncc(-c2cc(Br)cc3c2nc(C)c2nncn23)c1. The average Bonchev–Trinajstić information content (AvgIpc) is 3.13. The molecule has 26 heavy (non-hydrogen) atoms. The quantitative estimate of drug-likeness (QED) is 0.449. The second kappa shape index (κ2) is 6.99. The van der Waals surface area contributed by atoms with Gasteiger partial charge in [0.2, 0.25) is 0 Å². The van der Waals surface area contributed by atoms with Crippen LogP contribution in [0.3, 0.4) is 0 Å². The highest BCUT2D eigenvalue weighted by atomic mass is 79.9. The Hall–Kier alpha value is -2.54. The van der Waals surface area contributed by atoms with E-state index in [1.54, 1.807) is 12.5 Å². The molecule has 7 heteroatoms. The lowest BCUT2D eigenvalue weighted by atomic mass is 10.1. The number of hydrogen-bond donors (Lipinski definition) is 0. The summed E-state index contributed by atoms with van der Waals surface area (Å²) in [5.74, 6) is 0.770. The summed E-state index contributed by atoms with van der Waals surface area (Å²) < 4.78 is 8.73. The summed E-state index contributed by atoms with van der Waals surface area (Å²) >= 11 is 3.61. The van der Waals surface area contributed by atoms with Crippen molar-refractivity contribution in [3.05, 3.63) is 47.1 Å². The molecule has 0 aliphatic rings. The molecule has 0 saturated heterocycles. The van der Waals surface area contributed by atoms with Crippen molar-refractivity contribution >= 4 is 32.6 Å². The van der Waals surface area contributed by atoms with Gasteiger partial charge >= 0.3 is 0 Å². The van der Waals surface area contributed by atoms with Crippen molar-refractivity contribution < 1.29 is 4.74 Å². The highest BCUT2D eigenvalue weighted by Gasteiger charge is 2.14. The number of benzene rings is 1. The maximum absolute atomic E-state index is 5.81. The van der Waals surface area contributed by atoms with Crippen molar-refractivity contribution in [1.82, 2.24) is 24.6 Å². The lowest BCUT2D eigenvalue weighted by Gasteiger charge is -2.11. The first-order valence-corrected chi connectivity index (χ1v) is 9.34. The first kappa shape index (κ1) is 16.9. The molecule has 0 bridgehead atoms. The number of nitrogens with zero attached hydrogens (tertiary/aromatic N) is 5. The molecule has 0 atom stereocenters. The molecule has 0 aliphatic heterocycles. The first-order valence-electron chi connectivity index (χ1n) is 8.55. The minimum absolute atomic E-state index is 0.694. The Bertz CT molecular complexity index is 1090. The van der Waals surface area contributed by atoms with E-state index < -0.39 is 0 Å². The zero-order valence-corrected chi connectivity index (χ0v) is 16.2. The molecule has 1 aromatic carbocycles. The number of halogens is 1. The van der Waals surface area contributed by atoms with E-state index >= 15 is 0 Å². The normalized spacial score (nSPS) is 11.3. The maximum Gasteiger partial charge on any atom is 0.182 e. The van der Waals surface area contributed by atoms with E-state index in [1.807, 2.05) is 29.7 Å². The van der Waals surface area contributed by atoms with E-state index in [-0.39, 0.29) is 0 Å². The van der Waals surface area contributed by atoms with Crippen LogP contribution in [0.25, 0.3) is 27.8 Å². The van der Waals surface area contributed by atoms with E-state index in [2.05, 4.69) is 44.1 Å². The molecular formula is C19H18BrN5O. The number of aryl methyl sites for hydroxylation is 1. The lowest BCUT2D eigenvalue weighted by Crippen LogP contribution is -1.99. The third-order valence-electron chi connectivity index (χ3n) is 4.26. The Labute approximate surface area is 159 Å². The van der Waals surface area contributed by atoms with Crippen LogP contribution >= 0.6 is 15.9 Å². The summed E-state index contributed by atoms with van der Waals surface area (Å²) in [6, 6.07) is 6.09. The van der Waals surface area contributed by atoms with Gasteiger partial charge in [0, 0.05) is 21.8 Å². The number of aromatic nitrogens is 5. The second-order valence-electron chi connectivity index (χ2n) is 6.15. The van der Waals surface area contributed by atoms with Crippen LogP contribution < -0.4 is 4.74 Å². The number of ether oxygens (including phenoxy) is 1. The van der Waals surface area contributed by atoms with Crippen LogP contribution in [0.4, 0.5) is 0 Å². The maximum atomic E-state index is 5.81. The fraction of sp³-hybridized carbons (Fsp3) is 0.263. The van der Waals surface area contributed by atoms with Crippen molar-refractivity contribution in [3.8, 4) is 16.9 Å². The highest BCUT2D eigenvalue weighted by Crippen LogP contribution is 2.33. The summed E-state index contributed by atoms with van der Waals surface area (Å²) in [7, 11) is 0. The summed E-state index contributed by atoms with van der Waals surface area (Å²) in [6.45, 7) is 4.78. The molecule has 3 heterocycles. The van der Waals surface area contributed by atoms with Gasteiger partial charge < -0.3 is 4.74 Å². The van der Waals surface area contributed by atoms with Crippen molar-refractivity contribution in [3.63, 3.8) is 0 Å². The van der Waals surface area contributed by atoms with Gasteiger partial charge in [0.05, 0.1) is 29.5 Å². The van der Waals surface area contributed by atoms with Gasteiger partial charge in [-0.3, -0.25) is 9.38 Å². The zero-order valence-electron chi connectivity index (χ0n) is 14.6. The fourth-order valence-electron chi connectivity index (χ4n) is 2.96. The van der Waals surface area contributed by atoms with Crippen LogP contribution in [-0.2, 0) is 0 Å². The molecule has 4 aromatic rings.